The Morgan fingerprint density at radius 1 is 1.50 bits per heavy atom. The topological polar surface area (TPSA) is 29.4 Å². The van der Waals surface area contributed by atoms with E-state index in [-0.39, 0.29) is 6.04 Å². The summed E-state index contributed by atoms with van der Waals surface area (Å²) in [4.78, 5) is 13.3. The van der Waals surface area contributed by atoms with Gasteiger partial charge in [-0.1, -0.05) is 0 Å². The second-order valence-corrected chi connectivity index (χ2v) is 2.64. The Kier molecular flexibility index (Phi) is 2.57. The van der Waals surface area contributed by atoms with Crippen LogP contribution in [0.2, 0.25) is 0 Å². The molecule has 2 nitrogen and oxygen atoms in total. The molecule has 10 heavy (non-hydrogen) atoms. The van der Waals surface area contributed by atoms with Crippen LogP contribution in [-0.4, -0.2) is 18.3 Å². The van der Waals surface area contributed by atoms with Crippen LogP contribution in [-0.2, 0) is 4.79 Å². The maximum Gasteiger partial charge on any atom is 0.235 e. The van der Waals surface area contributed by atoms with E-state index in [2.05, 4.69) is 4.99 Å². The second-order valence-electron chi connectivity index (χ2n) is 2.64. The Labute approximate surface area is 59.1 Å². The van der Waals surface area contributed by atoms with Crippen molar-refractivity contribution in [1.29, 1.82) is 0 Å². The molecule has 1 aliphatic rings. The highest BCUT2D eigenvalue weighted by Gasteiger charge is 2.20. The first-order valence-corrected chi connectivity index (χ1v) is 3.54. The van der Waals surface area contributed by atoms with Crippen LogP contribution in [0, 0.1) is 0 Å². The fourth-order valence-electron chi connectivity index (χ4n) is 1.30. The molecular weight excluding hydrogens is 133 g/mol. The van der Waals surface area contributed by atoms with E-state index >= 15 is 0 Å². The normalized spacial score (nSPS) is 32.9. The molecule has 0 amide bonds. The summed E-state index contributed by atoms with van der Waals surface area (Å²) in [5, 5.41) is 0. The number of aliphatic imine (C=N–C) groups is 1. The van der Waals surface area contributed by atoms with E-state index in [0.29, 0.717) is 12.8 Å². The highest BCUT2D eigenvalue weighted by Crippen LogP contribution is 2.22. The lowest BCUT2D eigenvalue weighted by molar-refractivity contribution is 0.233. The summed E-state index contributed by atoms with van der Waals surface area (Å²) in [6, 6.07) is -0.0961. The van der Waals surface area contributed by atoms with E-state index < -0.39 is 6.17 Å². The molecule has 0 saturated heterocycles. The average Bonchev–Trinajstić information content (AvgIpc) is 1.88. The lowest BCUT2D eigenvalue weighted by Crippen LogP contribution is -2.18. The number of alkyl halides is 1. The van der Waals surface area contributed by atoms with E-state index in [0.717, 1.165) is 12.8 Å². The van der Waals surface area contributed by atoms with Crippen molar-refractivity contribution in [1.82, 2.24) is 0 Å². The third kappa shape index (κ3) is 1.92. The number of isocyanates is 1. The van der Waals surface area contributed by atoms with Crippen molar-refractivity contribution in [2.24, 2.45) is 4.99 Å². The van der Waals surface area contributed by atoms with Gasteiger partial charge >= 0.3 is 0 Å². The van der Waals surface area contributed by atoms with Gasteiger partial charge in [0.1, 0.15) is 6.17 Å². The maximum absolute atomic E-state index is 12.6. The van der Waals surface area contributed by atoms with Gasteiger partial charge in [-0.2, -0.15) is 0 Å². The van der Waals surface area contributed by atoms with Crippen LogP contribution in [0.25, 0.3) is 0 Å². The molecule has 0 aromatic heterocycles. The van der Waals surface area contributed by atoms with Gasteiger partial charge in [0.2, 0.25) is 6.08 Å². The largest absolute Gasteiger partial charge is 0.247 e. The van der Waals surface area contributed by atoms with Crippen molar-refractivity contribution in [3.8, 4) is 0 Å². The molecule has 1 rings (SSSR count). The van der Waals surface area contributed by atoms with Gasteiger partial charge in [0.25, 0.3) is 0 Å². The minimum absolute atomic E-state index is 0.0961. The Balaban J connectivity index is 2.39. The molecule has 0 aliphatic heterocycles. The van der Waals surface area contributed by atoms with Gasteiger partial charge in [-0.05, 0) is 19.3 Å². The van der Waals surface area contributed by atoms with Gasteiger partial charge in [0.15, 0.2) is 0 Å². The summed E-state index contributed by atoms with van der Waals surface area (Å²) < 4.78 is 12.6. The summed E-state index contributed by atoms with van der Waals surface area (Å²) in [5.74, 6) is 0. The SMILES string of the molecule is O=C=NC1CCCC(F)C1. The second kappa shape index (κ2) is 3.47. The van der Waals surface area contributed by atoms with Crippen molar-refractivity contribution in [2.45, 2.75) is 37.9 Å². The standard InChI is InChI=1S/C7H10FNO/c8-6-2-1-3-7(4-6)9-5-10/h6-7H,1-4H2. The van der Waals surface area contributed by atoms with Crippen LogP contribution >= 0.6 is 0 Å². The summed E-state index contributed by atoms with van der Waals surface area (Å²) >= 11 is 0. The molecule has 3 heteroatoms. The Morgan fingerprint density at radius 3 is 2.90 bits per heavy atom. The van der Waals surface area contributed by atoms with E-state index in [4.69, 9.17) is 0 Å². The van der Waals surface area contributed by atoms with E-state index in [1.807, 2.05) is 0 Å². The monoisotopic (exact) mass is 143 g/mol. The average molecular weight is 143 g/mol. The van der Waals surface area contributed by atoms with Crippen LogP contribution in [0.1, 0.15) is 25.7 Å². The summed E-state index contributed by atoms with van der Waals surface area (Å²) in [7, 11) is 0. The molecular formula is C7H10FNO. The molecule has 0 aromatic carbocycles. The number of halogens is 1. The maximum atomic E-state index is 12.6. The first-order chi connectivity index (χ1) is 4.83. The number of hydrogen-bond acceptors (Lipinski definition) is 2. The summed E-state index contributed by atoms with van der Waals surface area (Å²) in [5.41, 5.74) is 0. The number of carbonyl (C=O) groups excluding carboxylic acids is 1. The molecule has 0 heterocycles. The highest BCUT2D eigenvalue weighted by molar-refractivity contribution is 5.33. The quantitative estimate of drug-likeness (QED) is 0.405. The number of nitrogens with zero attached hydrogens (tertiary/aromatic N) is 1. The first-order valence-electron chi connectivity index (χ1n) is 3.54. The minimum Gasteiger partial charge on any atom is -0.247 e. The van der Waals surface area contributed by atoms with Gasteiger partial charge in [-0.15, -0.1) is 0 Å². The van der Waals surface area contributed by atoms with E-state index in [9.17, 15) is 9.18 Å². The van der Waals surface area contributed by atoms with Gasteiger partial charge in [-0.25, -0.2) is 14.2 Å². The van der Waals surface area contributed by atoms with Gasteiger partial charge in [-0.3, -0.25) is 0 Å². The zero-order chi connectivity index (χ0) is 7.40. The molecule has 0 spiro atoms. The van der Waals surface area contributed by atoms with Crippen molar-refractivity contribution >= 4 is 6.08 Å². The summed E-state index contributed by atoms with van der Waals surface area (Å²) in [6.45, 7) is 0. The minimum atomic E-state index is -0.754. The zero-order valence-electron chi connectivity index (χ0n) is 5.72. The molecule has 0 N–H and O–H groups in total. The van der Waals surface area contributed by atoms with Crippen molar-refractivity contribution < 1.29 is 9.18 Å². The molecule has 0 bridgehead atoms. The van der Waals surface area contributed by atoms with Gasteiger partial charge in [0, 0.05) is 6.42 Å². The molecule has 0 radical (unpaired) electrons. The Bertz CT molecular complexity index is 154. The Hall–Kier alpha value is -0.690. The zero-order valence-corrected chi connectivity index (χ0v) is 5.72. The lowest BCUT2D eigenvalue weighted by atomic mass is 9.94. The van der Waals surface area contributed by atoms with Crippen molar-refractivity contribution in [3.05, 3.63) is 0 Å². The van der Waals surface area contributed by atoms with Crippen LogP contribution < -0.4 is 0 Å². The van der Waals surface area contributed by atoms with Crippen LogP contribution in [0.15, 0.2) is 4.99 Å². The molecule has 1 fully saturated rings. The Morgan fingerprint density at radius 2 is 2.30 bits per heavy atom. The van der Waals surface area contributed by atoms with Gasteiger partial charge in [0.05, 0.1) is 6.04 Å². The molecule has 1 aliphatic carbocycles. The molecule has 1 saturated carbocycles. The lowest BCUT2D eigenvalue weighted by Gasteiger charge is -2.19. The van der Waals surface area contributed by atoms with E-state index in [1.54, 1.807) is 0 Å². The number of rotatable bonds is 1. The summed E-state index contributed by atoms with van der Waals surface area (Å²) in [6.07, 6.45) is 3.44. The number of hydrogen-bond donors (Lipinski definition) is 0. The molecule has 2 unspecified atom stereocenters. The van der Waals surface area contributed by atoms with Crippen LogP contribution in [0.4, 0.5) is 4.39 Å². The van der Waals surface area contributed by atoms with Crippen LogP contribution in [0.3, 0.4) is 0 Å². The van der Waals surface area contributed by atoms with E-state index in [1.165, 1.54) is 6.08 Å². The van der Waals surface area contributed by atoms with Crippen molar-refractivity contribution in [3.63, 3.8) is 0 Å². The first kappa shape index (κ1) is 7.42. The van der Waals surface area contributed by atoms with Crippen LogP contribution in [0.5, 0.6) is 0 Å². The smallest absolute Gasteiger partial charge is 0.235 e. The van der Waals surface area contributed by atoms with Crippen molar-refractivity contribution in [2.75, 3.05) is 0 Å². The predicted molar refractivity (Wildman–Crippen MR) is 35.3 cm³/mol. The molecule has 2 atom stereocenters. The third-order valence-corrected chi connectivity index (χ3v) is 1.82. The highest BCUT2D eigenvalue weighted by atomic mass is 19.1. The predicted octanol–water partition coefficient (Wildman–Crippen LogP) is 1.60. The molecule has 0 aromatic rings. The fraction of sp³-hybridized carbons (Fsp3) is 0.857. The third-order valence-electron chi connectivity index (χ3n) is 1.82. The molecule has 56 valence electrons. The fourth-order valence-corrected chi connectivity index (χ4v) is 1.30. The van der Waals surface area contributed by atoms with Gasteiger partial charge < -0.3 is 0 Å².